The molecule has 1 saturated heterocycles. The Balaban J connectivity index is 2.11. The molecule has 0 bridgehead atoms. The maximum absolute atomic E-state index is 11.4. The highest BCUT2D eigenvalue weighted by Gasteiger charge is 2.17. The number of carbonyl (C=O) groups excluding carboxylic acids is 2. The number of likely N-dealkylation sites (tertiary alicyclic amines) is 1. The first-order valence-corrected chi connectivity index (χ1v) is 6.47. The summed E-state index contributed by atoms with van der Waals surface area (Å²) in [6, 6.07) is -0.309. The summed E-state index contributed by atoms with van der Waals surface area (Å²) in [5.41, 5.74) is 0. The number of rotatable bonds is 5. The number of nitrogens with zero attached hydrogens (tertiary/aromatic N) is 1. The maximum Gasteiger partial charge on any atom is 0.325 e. The highest BCUT2D eigenvalue weighted by molar-refractivity contribution is 5.80. The minimum Gasteiger partial charge on any atom is -0.465 e. The number of hydrogen-bond acceptors (Lipinski definition) is 4. The summed E-state index contributed by atoms with van der Waals surface area (Å²) in [6.45, 7) is 4.78. The Labute approximate surface area is 108 Å². The molecule has 0 aromatic rings. The Morgan fingerprint density at radius 2 is 2.17 bits per heavy atom. The van der Waals surface area contributed by atoms with Gasteiger partial charge in [0.2, 0.25) is 0 Å². The van der Waals surface area contributed by atoms with Crippen LogP contribution in [-0.4, -0.2) is 56.7 Å². The lowest BCUT2D eigenvalue weighted by molar-refractivity contribution is -0.141. The van der Waals surface area contributed by atoms with Gasteiger partial charge >= 0.3 is 12.0 Å². The number of urea groups is 1. The first kappa shape index (κ1) is 14.8. The van der Waals surface area contributed by atoms with E-state index >= 15 is 0 Å². The summed E-state index contributed by atoms with van der Waals surface area (Å²) < 4.78 is 4.71. The van der Waals surface area contributed by atoms with Gasteiger partial charge in [-0.05, 0) is 39.3 Å². The third-order valence-electron chi connectivity index (χ3n) is 2.97. The first-order valence-electron chi connectivity index (χ1n) is 6.47. The summed E-state index contributed by atoms with van der Waals surface area (Å²) in [7, 11) is 2.09. The number of hydrogen-bond donors (Lipinski definition) is 2. The van der Waals surface area contributed by atoms with Gasteiger partial charge in [-0.2, -0.15) is 0 Å². The number of amides is 2. The topological polar surface area (TPSA) is 70.7 Å². The Hall–Kier alpha value is -1.30. The molecule has 0 aromatic heterocycles. The fourth-order valence-corrected chi connectivity index (χ4v) is 2.10. The third kappa shape index (κ3) is 5.86. The summed E-state index contributed by atoms with van der Waals surface area (Å²) in [5.74, 6) is 0.0853. The van der Waals surface area contributed by atoms with Crippen LogP contribution >= 0.6 is 0 Å². The van der Waals surface area contributed by atoms with Gasteiger partial charge in [-0.25, -0.2) is 4.79 Å². The lowest BCUT2D eigenvalue weighted by atomic mass is 9.99. The molecular formula is C12H23N3O3. The van der Waals surface area contributed by atoms with E-state index in [1.54, 1.807) is 6.92 Å². The standard InChI is InChI=1S/C12H23N3O3/c1-3-18-11(16)8-14-12(17)13-7-10-5-4-6-15(2)9-10/h10H,3-9H2,1-2H3,(H2,13,14,17). The molecule has 1 heterocycles. The fourth-order valence-electron chi connectivity index (χ4n) is 2.10. The van der Waals surface area contributed by atoms with Crippen LogP contribution in [0.4, 0.5) is 4.79 Å². The number of piperidine rings is 1. The van der Waals surface area contributed by atoms with Gasteiger partial charge in [0.1, 0.15) is 6.54 Å². The van der Waals surface area contributed by atoms with Gasteiger partial charge in [-0.15, -0.1) is 0 Å². The minimum atomic E-state index is -0.412. The normalized spacial score (nSPS) is 20.2. The minimum absolute atomic E-state index is 0.0791. The van der Waals surface area contributed by atoms with Gasteiger partial charge < -0.3 is 20.3 Å². The van der Waals surface area contributed by atoms with Crippen molar-refractivity contribution in [2.24, 2.45) is 5.92 Å². The van der Waals surface area contributed by atoms with Gasteiger partial charge in [-0.1, -0.05) is 0 Å². The van der Waals surface area contributed by atoms with Crippen LogP contribution in [0.1, 0.15) is 19.8 Å². The smallest absolute Gasteiger partial charge is 0.325 e. The third-order valence-corrected chi connectivity index (χ3v) is 2.97. The number of ether oxygens (including phenoxy) is 1. The second kappa shape index (κ2) is 7.92. The molecule has 1 atom stereocenters. The summed E-state index contributed by atoms with van der Waals surface area (Å²) in [5, 5.41) is 5.27. The van der Waals surface area contributed by atoms with Crippen molar-refractivity contribution in [3.63, 3.8) is 0 Å². The molecule has 18 heavy (non-hydrogen) atoms. The van der Waals surface area contributed by atoms with E-state index in [0.717, 1.165) is 19.5 Å². The van der Waals surface area contributed by atoms with Crippen LogP contribution in [0.2, 0.25) is 0 Å². The molecule has 0 aliphatic carbocycles. The molecule has 1 aliphatic heterocycles. The zero-order chi connectivity index (χ0) is 13.4. The van der Waals surface area contributed by atoms with Crippen LogP contribution < -0.4 is 10.6 Å². The lowest BCUT2D eigenvalue weighted by Gasteiger charge is -2.29. The van der Waals surface area contributed by atoms with Crippen LogP contribution in [0, 0.1) is 5.92 Å². The average Bonchev–Trinajstić information content (AvgIpc) is 2.34. The lowest BCUT2D eigenvalue weighted by Crippen LogP contribution is -2.44. The van der Waals surface area contributed by atoms with Crippen LogP contribution in [0.3, 0.4) is 0 Å². The average molecular weight is 257 g/mol. The van der Waals surface area contributed by atoms with Crippen molar-refractivity contribution in [2.75, 3.05) is 39.8 Å². The van der Waals surface area contributed by atoms with Crippen LogP contribution in [0.15, 0.2) is 0 Å². The van der Waals surface area contributed by atoms with Gasteiger partial charge in [-0.3, -0.25) is 4.79 Å². The molecule has 1 aliphatic rings. The van der Waals surface area contributed by atoms with Gasteiger partial charge in [0.25, 0.3) is 0 Å². The molecule has 0 saturated carbocycles. The van der Waals surface area contributed by atoms with Gasteiger partial charge in [0.15, 0.2) is 0 Å². The number of nitrogens with one attached hydrogen (secondary N) is 2. The van der Waals surface area contributed by atoms with E-state index in [1.165, 1.54) is 6.42 Å². The van der Waals surface area contributed by atoms with E-state index in [0.29, 0.717) is 19.1 Å². The summed E-state index contributed by atoms with van der Waals surface area (Å²) in [4.78, 5) is 24.7. The summed E-state index contributed by atoms with van der Waals surface area (Å²) >= 11 is 0. The predicted molar refractivity (Wildman–Crippen MR) is 68.3 cm³/mol. The molecule has 1 rings (SSSR count). The highest BCUT2D eigenvalue weighted by Crippen LogP contribution is 2.13. The van der Waals surface area contributed by atoms with Crippen LogP contribution in [0.25, 0.3) is 0 Å². The first-order chi connectivity index (χ1) is 8.61. The molecule has 0 aromatic carbocycles. The molecule has 1 fully saturated rings. The van der Waals surface area contributed by atoms with E-state index in [2.05, 4.69) is 22.6 Å². The van der Waals surface area contributed by atoms with Crippen molar-refractivity contribution < 1.29 is 14.3 Å². The van der Waals surface area contributed by atoms with E-state index in [1.807, 2.05) is 0 Å². The van der Waals surface area contributed by atoms with Crippen molar-refractivity contribution in [2.45, 2.75) is 19.8 Å². The highest BCUT2D eigenvalue weighted by atomic mass is 16.5. The monoisotopic (exact) mass is 257 g/mol. The van der Waals surface area contributed by atoms with Crippen molar-refractivity contribution in [1.29, 1.82) is 0 Å². The number of esters is 1. The second-order valence-electron chi connectivity index (χ2n) is 4.64. The zero-order valence-electron chi connectivity index (χ0n) is 11.2. The molecule has 1 unspecified atom stereocenters. The molecule has 2 N–H and O–H groups in total. The van der Waals surface area contributed by atoms with E-state index in [-0.39, 0.29) is 12.6 Å². The van der Waals surface area contributed by atoms with Crippen LogP contribution in [-0.2, 0) is 9.53 Å². The SMILES string of the molecule is CCOC(=O)CNC(=O)NCC1CCCN(C)C1. The Bertz CT molecular complexity index is 284. The van der Waals surface area contributed by atoms with E-state index in [4.69, 9.17) is 4.74 Å². The van der Waals surface area contributed by atoms with Crippen molar-refractivity contribution in [1.82, 2.24) is 15.5 Å². The molecule has 6 nitrogen and oxygen atoms in total. The Morgan fingerprint density at radius 3 is 2.83 bits per heavy atom. The number of carbonyl (C=O) groups is 2. The van der Waals surface area contributed by atoms with Crippen molar-refractivity contribution >= 4 is 12.0 Å². The summed E-state index contributed by atoms with van der Waals surface area (Å²) in [6.07, 6.45) is 2.32. The molecule has 6 heteroatoms. The molecule has 104 valence electrons. The fraction of sp³-hybridized carbons (Fsp3) is 0.833. The van der Waals surface area contributed by atoms with Gasteiger partial charge in [0, 0.05) is 13.1 Å². The second-order valence-corrected chi connectivity index (χ2v) is 4.64. The molecule has 0 radical (unpaired) electrons. The van der Waals surface area contributed by atoms with Crippen LogP contribution in [0.5, 0.6) is 0 Å². The van der Waals surface area contributed by atoms with E-state index in [9.17, 15) is 9.59 Å². The largest absolute Gasteiger partial charge is 0.465 e. The van der Waals surface area contributed by atoms with Gasteiger partial charge in [0.05, 0.1) is 6.61 Å². The Kier molecular flexibility index (Phi) is 6.49. The zero-order valence-corrected chi connectivity index (χ0v) is 11.2. The molecule has 2 amide bonds. The van der Waals surface area contributed by atoms with Crippen molar-refractivity contribution in [3.8, 4) is 0 Å². The maximum atomic E-state index is 11.4. The predicted octanol–water partition coefficient (Wildman–Crippen LogP) is 0.191. The quantitative estimate of drug-likeness (QED) is 0.690. The Morgan fingerprint density at radius 1 is 1.39 bits per heavy atom. The van der Waals surface area contributed by atoms with Crippen molar-refractivity contribution in [3.05, 3.63) is 0 Å². The molecule has 0 spiro atoms. The molecular weight excluding hydrogens is 234 g/mol. The van der Waals surface area contributed by atoms with E-state index < -0.39 is 5.97 Å².